The first kappa shape index (κ1) is 32.6. The maximum Gasteiger partial charge on any atom is 2.00 e. The van der Waals surface area contributed by atoms with Gasteiger partial charge in [-0.15, -0.1) is 0 Å². The predicted octanol–water partition coefficient (Wildman–Crippen LogP) is 6.38. The number of hydrogen-bond donors (Lipinski definition) is 0. The van der Waals surface area contributed by atoms with Crippen molar-refractivity contribution >= 4 is 34.3 Å². The van der Waals surface area contributed by atoms with Crippen LogP contribution in [0.1, 0.15) is 25.0 Å². The number of nitrogens with zero attached hydrogens (tertiary/aromatic N) is 2. The van der Waals surface area contributed by atoms with Crippen molar-refractivity contribution < 1.29 is 36.5 Å². The molecule has 6 nitrogen and oxygen atoms in total. The quantitative estimate of drug-likeness (QED) is 0.176. The van der Waals surface area contributed by atoms with Crippen LogP contribution in [0.25, 0.3) is 11.5 Å². The van der Waals surface area contributed by atoms with Crippen molar-refractivity contribution in [1.29, 1.82) is 0 Å². The molecule has 0 unspecified atom stereocenters. The van der Waals surface area contributed by atoms with Gasteiger partial charge in [0.2, 0.25) is 0 Å². The third-order valence-corrected chi connectivity index (χ3v) is 5.55. The van der Waals surface area contributed by atoms with E-state index in [1.54, 1.807) is 50.6 Å². The van der Waals surface area contributed by atoms with Crippen LogP contribution in [-0.4, -0.2) is 25.6 Å². The number of allylic oxidation sites excluding steroid dienone is 2. The number of hydrogen-bond acceptors (Lipinski definition) is 6. The molecule has 0 amide bonds. The van der Waals surface area contributed by atoms with Gasteiger partial charge in [-0.25, -0.2) is 0 Å². The van der Waals surface area contributed by atoms with Gasteiger partial charge in [-0.1, -0.05) is 72.2 Å². The van der Waals surface area contributed by atoms with Crippen molar-refractivity contribution in [2.75, 3.05) is 14.2 Å². The van der Waals surface area contributed by atoms with Gasteiger partial charge < -0.3 is 19.7 Å². The zero-order valence-corrected chi connectivity index (χ0v) is 24.4. The molecule has 4 rings (SSSR count). The smallest absolute Gasteiger partial charge is 0.872 e. The molecule has 0 aliphatic rings. The SMILES string of the molecule is COc1ccc(N=C(C)/C=C(\[O-])c2ccccc2)cc1.COc1ccc(N=C(C)/C=C(\[O-])c2ccccc2)cc1.[Co+2]. The van der Waals surface area contributed by atoms with Crippen LogP contribution in [0.5, 0.6) is 11.5 Å². The van der Waals surface area contributed by atoms with Crippen LogP contribution < -0.4 is 19.7 Å². The van der Waals surface area contributed by atoms with E-state index in [4.69, 9.17) is 9.47 Å². The Morgan fingerprint density at radius 1 is 0.537 bits per heavy atom. The second kappa shape index (κ2) is 17.2. The van der Waals surface area contributed by atoms with Crippen LogP contribution in [0.3, 0.4) is 0 Å². The van der Waals surface area contributed by atoms with Crippen molar-refractivity contribution in [2.45, 2.75) is 13.8 Å². The van der Waals surface area contributed by atoms with E-state index in [1.807, 2.05) is 98.8 Å². The Hall–Kier alpha value is -4.59. The van der Waals surface area contributed by atoms with Crippen LogP contribution in [0, 0.1) is 0 Å². The summed E-state index contributed by atoms with van der Waals surface area (Å²) >= 11 is 0. The summed E-state index contributed by atoms with van der Waals surface area (Å²) < 4.78 is 10.2. The van der Waals surface area contributed by atoms with E-state index in [2.05, 4.69) is 9.98 Å². The minimum atomic E-state index is -0.0413. The fraction of sp³-hybridized carbons (Fsp3) is 0.118. The number of benzene rings is 4. The van der Waals surface area contributed by atoms with E-state index < -0.39 is 0 Å². The minimum Gasteiger partial charge on any atom is -0.872 e. The molecule has 4 aromatic rings. The largest absolute Gasteiger partial charge is 2.00 e. The predicted molar refractivity (Wildman–Crippen MR) is 160 cm³/mol. The maximum atomic E-state index is 12.0. The molecule has 0 heterocycles. The van der Waals surface area contributed by atoms with Crippen molar-refractivity contribution in [2.24, 2.45) is 9.98 Å². The van der Waals surface area contributed by atoms with Gasteiger partial charge in [0.25, 0.3) is 0 Å². The van der Waals surface area contributed by atoms with Crippen LogP contribution in [0.2, 0.25) is 0 Å². The molecule has 41 heavy (non-hydrogen) atoms. The maximum absolute atomic E-state index is 12.0. The molecule has 0 fully saturated rings. The van der Waals surface area contributed by atoms with E-state index in [0.717, 1.165) is 22.9 Å². The molecule has 0 bridgehead atoms. The summed E-state index contributed by atoms with van der Waals surface area (Å²) in [4.78, 5) is 8.77. The van der Waals surface area contributed by atoms with Gasteiger partial charge in [-0.3, -0.25) is 9.98 Å². The van der Waals surface area contributed by atoms with E-state index in [1.165, 1.54) is 0 Å². The Kier molecular flexibility index (Phi) is 13.7. The average molecular weight is 592 g/mol. The van der Waals surface area contributed by atoms with E-state index >= 15 is 0 Å². The van der Waals surface area contributed by atoms with Crippen LogP contribution >= 0.6 is 0 Å². The minimum absolute atomic E-state index is 0. The number of aliphatic imine (C=N–C) groups is 2. The Labute approximate surface area is 252 Å². The first-order valence-electron chi connectivity index (χ1n) is 12.6. The van der Waals surface area contributed by atoms with Gasteiger partial charge in [-0.05, 0) is 85.7 Å². The fourth-order valence-electron chi connectivity index (χ4n) is 3.54. The first-order valence-corrected chi connectivity index (χ1v) is 12.6. The Bertz CT molecular complexity index is 1350. The van der Waals surface area contributed by atoms with Crippen LogP contribution in [-0.2, 0) is 16.8 Å². The van der Waals surface area contributed by atoms with E-state index in [9.17, 15) is 10.2 Å². The summed E-state index contributed by atoms with van der Waals surface area (Å²) in [6.45, 7) is 3.62. The van der Waals surface area contributed by atoms with E-state index in [-0.39, 0.29) is 28.3 Å². The molecular weight excluding hydrogens is 559 g/mol. The zero-order chi connectivity index (χ0) is 28.7. The monoisotopic (exact) mass is 591 g/mol. The molecule has 0 atom stereocenters. The van der Waals surface area contributed by atoms with Gasteiger partial charge in [0, 0.05) is 11.4 Å². The summed E-state index contributed by atoms with van der Waals surface area (Å²) in [6.07, 6.45) is 3.08. The molecule has 0 saturated carbocycles. The molecule has 1 radical (unpaired) electrons. The zero-order valence-electron chi connectivity index (χ0n) is 23.4. The van der Waals surface area contributed by atoms with Gasteiger partial charge in [0.15, 0.2) is 0 Å². The van der Waals surface area contributed by atoms with Gasteiger partial charge in [0.1, 0.15) is 11.5 Å². The molecular formula is C34H32CoN2O4. The second-order valence-corrected chi connectivity index (χ2v) is 8.65. The molecule has 0 aliphatic carbocycles. The molecule has 0 spiro atoms. The molecule has 211 valence electrons. The Morgan fingerprint density at radius 3 is 1.15 bits per heavy atom. The summed E-state index contributed by atoms with van der Waals surface area (Å²) in [7, 11) is 3.24. The Balaban J connectivity index is 0.000000280. The third kappa shape index (κ3) is 11.2. The number of methoxy groups -OCH3 is 2. The van der Waals surface area contributed by atoms with Crippen molar-refractivity contribution in [3.05, 3.63) is 132 Å². The second-order valence-electron chi connectivity index (χ2n) is 8.65. The molecule has 0 saturated heterocycles. The number of ether oxygens (including phenoxy) is 2. The summed E-state index contributed by atoms with van der Waals surface area (Å²) in [6, 6.07) is 33.1. The molecule has 0 N–H and O–H groups in total. The molecule has 7 heteroatoms. The van der Waals surface area contributed by atoms with Crippen molar-refractivity contribution in [3.63, 3.8) is 0 Å². The van der Waals surface area contributed by atoms with Gasteiger partial charge in [0.05, 0.1) is 25.6 Å². The molecule has 4 aromatic carbocycles. The standard InChI is InChI=1S/2C17H17NO2.Co/c2*1-13(12-17(19)14-6-4-3-5-7-14)18-15-8-10-16(20-2)11-9-15;/h2*3-12,19H,1-2H3;/q;;+2/p-2/b2*17-12-,18-13?;. The van der Waals surface area contributed by atoms with E-state index in [0.29, 0.717) is 22.6 Å². The number of rotatable bonds is 8. The van der Waals surface area contributed by atoms with Crippen molar-refractivity contribution in [3.8, 4) is 11.5 Å². The summed E-state index contributed by atoms with van der Waals surface area (Å²) in [5.41, 5.74) is 4.25. The van der Waals surface area contributed by atoms with Gasteiger partial charge in [-0.2, -0.15) is 0 Å². The average Bonchev–Trinajstić information content (AvgIpc) is 2.99. The summed E-state index contributed by atoms with van der Waals surface area (Å²) in [5, 5.41) is 24.0. The molecule has 0 aliphatic heterocycles. The fourth-order valence-corrected chi connectivity index (χ4v) is 3.54. The van der Waals surface area contributed by atoms with Gasteiger partial charge >= 0.3 is 16.8 Å². The van der Waals surface area contributed by atoms with Crippen molar-refractivity contribution in [1.82, 2.24) is 0 Å². The van der Waals surface area contributed by atoms with Crippen LogP contribution in [0.4, 0.5) is 11.4 Å². The van der Waals surface area contributed by atoms with Crippen LogP contribution in [0.15, 0.2) is 131 Å². The third-order valence-electron chi connectivity index (χ3n) is 5.55. The normalized spacial score (nSPS) is 12.0. The summed E-state index contributed by atoms with van der Waals surface area (Å²) in [5.74, 6) is 1.48. The Morgan fingerprint density at radius 2 is 0.854 bits per heavy atom. The topological polar surface area (TPSA) is 89.3 Å². The molecule has 0 aromatic heterocycles. The first-order chi connectivity index (χ1) is 19.4.